The van der Waals surface area contributed by atoms with Crippen LogP contribution in [0.25, 0.3) is 0 Å². The standard InChI is InChI=1S/C10H9BrN4O2/c11-5-1-2-8(16)6(3-5)10(17)14-9-7(12)4-13-15-9/h1-4,16H,12H2,(H2,13,14,15,17). The first-order valence-corrected chi connectivity index (χ1v) is 5.46. The molecular formula is C10H9BrN4O2. The van der Waals surface area contributed by atoms with Gasteiger partial charge in [0.2, 0.25) is 0 Å². The van der Waals surface area contributed by atoms with Gasteiger partial charge in [-0.1, -0.05) is 15.9 Å². The predicted octanol–water partition coefficient (Wildman–Crippen LogP) is 1.71. The first kappa shape index (κ1) is 11.5. The highest BCUT2D eigenvalue weighted by Gasteiger charge is 2.13. The largest absolute Gasteiger partial charge is 0.507 e. The van der Waals surface area contributed by atoms with E-state index in [1.165, 1.54) is 18.3 Å². The summed E-state index contributed by atoms with van der Waals surface area (Å²) in [5.74, 6) is -0.280. The number of aromatic amines is 1. The average Bonchev–Trinajstić information content (AvgIpc) is 2.68. The van der Waals surface area contributed by atoms with Gasteiger partial charge in [-0.05, 0) is 18.2 Å². The molecular weight excluding hydrogens is 288 g/mol. The number of carbonyl (C=O) groups is 1. The van der Waals surface area contributed by atoms with Crippen molar-refractivity contribution in [2.45, 2.75) is 0 Å². The number of amides is 1. The molecule has 0 aliphatic carbocycles. The number of carbonyl (C=O) groups excluding carboxylic acids is 1. The van der Waals surface area contributed by atoms with Crippen LogP contribution in [0.5, 0.6) is 5.75 Å². The smallest absolute Gasteiger partial charge is 0.260 e. The zero-order chi connectivity index (χ0) is 12.4. The number of nitrogens with two attached hydrogens (primary N) is 1. The molecule has 0 fully saturated rings. The Morgan fingerprint density at radius 2 is 2.29 bits per heavy atom. The van der Waals surface area contributed by atoms with Gasteiger partial charge in [-0.3, -0.25) is 9.89 Å². The highest BCUT2D eigenvalue weighted by Crippen LogP contribution is 2.23. The lowest BCUT2D eigenvalue weighted by Crippen LogP contribution is -2.13. The summed E-state index contributed by atoms with van der Waals surface area (Å²) in [6.07, 6.45) is 1.39. The Balaban J connectivity index is 2.26. The highest BCUT2D eigenvalue weighted by molar-refractivity contribution is 9.10. The third-order valence-electron chi connectivity index (χ3n) is 2.11. The third-order valence-corrected chi connectivity index (χ3v) is 2.60. The number of hydrogen-bond donors (Lipinski definition) is 4. The van der Waals surface area contributed by atoms with Crippen molar-refractivity contribution in [3.63, 3.8) is 0 Å². The predicted molar refractivity (Wildman–Crippen MR) is 66.8 cm³/mol. The summed E-state index contributed by atoms with van der Waals surface area (Å²) in [6.45, 7) is 0. The van der Waals surface area contributed by atoms with Gasteiger partial charge in [0, 0.05) is 4.47 Å². The molecule has 2 aromatic rings. The molecule has 0 saturated carbocycles. The van der Waals surface area contributed by atoms with Gasteiger partial charge in [-0.2, -0.15) is 5.10 Å². The van der Waals surface area contributed by atoms with Crippen LogP contribution in [0.15, 0.2) is 28.9 Å². The van der Waals surface area contributed by atoms with Gasteiger partial charge >= 0.3 is 0 Å². The number of aromatic hydroxyl groups is 1. The Kier molecular flexibility index (Phi) is 3.01. The number of rotatable bonds is 2. The summed E-state index contributed by atoms with van der Waals surface area (Å²) in [4.78, 5) is 11.8. The quantitative estimate of drug-likeness (QED) is 0.677. The molecule has 0 spiro atoms. The molecule has 2 rings (SSSR count). The number of nitrogens with zero attached hydrogens (tertiary/aromatic N) is 1. The topological polar surface area (TPSA) is 104 Å². The van der Waals surface area contributed by atoms with Crippen LogP contribution in [0.3, 0.4) is 0 Å². The normalized spacial score (nSPS) is 10.2. The number of hydrogen-bond acceptors (Lipinski definition) is 4. The molecule has 7 heteroatoms. The van der Waals surface area contributed by atoms with E-state index in [2.05, 4.69) is 31.4 Å². The van der Waals surface area contributed by atoms with Crippen molar-refractivity contribution in [1.29, 1.82) is 0 Å². The van der Waals surface area contributed by atoms with Crippen molar-refractivity contribution in [1.82, 2.24) is 10.2 Å². The van der Waals surface area contributed by atoms with E-state index in [-0.39, 0.29) is 11.3 Å². The molecule has 0 aliphatic rings. The number of nitrogens with one attached hydrogen (secondary N) is 2. The minimum atomic E-state index is -0.472. The van der Waals surface area contributed by atoms with Crippen molar-refractivity contribution in [2.24, 2.45) is 0 Å². The second kappa shape index (κ2) is 4.46. The molecule has 0 unspecified atom stereocenters. The summed E-state index contributed by atoms with van der Waals surface area (Å²) < 4.78 is 0.693. The van der Waals surface area contributed by atoms with Crippen LogP contribution in [0.4, 0.5) is 11.5 Å². The highest BCUT2D eigenvalue weighted by atomic mass is 79.9. The summed E-state index contributed by atoms with van der Waals surface area (Å²) in [5, 5.41) is 18.3. The fourth-order valence-corrected chi connectivity index (χ4v) is 1.63. The van der Waals surface area contributed by atoms with Gasteiger partial charge in [0.1, 0.15) is 5.75 Å². The van der Waals surface area contributed by atoms with Crippen LogP contribution in [-0.4, -0.2) is 21.2 Å². The molecule has 0 atom stereocenters. The number of nitrogen functional groups attached to an aromatic ring is 1. The Bertz CT molecular complexity index is 567. The van der Waals surface area contributed by atoms with E-state index in [0.717, 1.165) is 0 Å². The second-order valence-electron chi connectivity index (χ2n) is 3.32. The van der Waals surface area contributed by atoms with Crippen molar-refractivity contribution < 1.29 is 9.90 Å². The summed E-state index contributed by atoms with van der Waals surface area (Å²) in [5.41, 5.74) is 6.03. The Hall–Kier alpha value is -2.02. The maximum Gasteiger partial charge on any atom is 0.260 e. The van der Waals surface area contributed by atoms with E-state index < -0.39 is 5.91 Å². The van der Waals surface area contributed by atoms with E-state index >= 15 is 0 Å². The molecule has 88 valence electrons. The Labute approximate surface area is 105 Å². The molecule has 1 aromatic heterocycles. The fraction of sp³-hybridized carbons (Fsp3) is 0. The molecule has 1 heterocycles. The molecule has 1 amide bonds. The lowest BCUT2D eigenvalue weighted by Gasteiger charge is -2.06. The summed E-state index contributed by atoms with van der Waals surface area (Å²) in [7, 11) is 0. The number of H-pyrrole nitrogens is 1. The van der Waals surface area contributed by atoms with Gasteiger partial charge in [-0.25, -0.2) is 0 Å². The van der Waals surface area contributed by atoms with Crippen LogP contribution in [-0.2, 0) is 0 Å². The minimum absolute atomic E-state index is 0.108. The zero-order valence-electron chi connectivity index (χ0n) is 8.57. The van der Waals surface area contributed by atoms with E-state index in [1.807, 2.05) is 0 Å². The van der Waals surface area contributed by atoms with Crippen molar-refractivity contribution in [3.05, 3.63) is 34.4 Å². The first-order valence-electron chi connectivity index (χ1n) is 4.66. The number of anilines is 2. The fourth-order valence-electron chi connectivity index (χ4n) is 1.27. The second-order valence-corrected chi connectivity index (χ2v) is 4.23. The van der Waals surface area contributed by atoms with Crippen LogP contribution in [0.2, 0.25) is 0 Å². The van der Waals surface area contributed by atoms with Crippen molar-refractivity contribution >= 4 is 33.3 Å². The van der Waals surface area contributed by atoms with Crippen LogP contribution in [0, 0.1) is 0 Å². The van der Waals surface area contributed by atoms with Gasteiger partial charge in [0.15, 0.2) is 5.82 Å². The molecule has 0 saturated heterocycles. The van der Waals surface area contributed by atoms with Crippen LogP contribution < -0.4 is 11.1 Å². The molecule has 0 aliphatic heterocycles. The van der Waals surface area contributed by atoms with E-state index in [4.69, 9.17) is 5.73 Å². The number of halogens is 1. The number of aromatic nitrogens is 2. The molecule has 0 bridgehead atoms. The average molecular weight is 297 g/mol. The number of phenols is 1. The molecule has 1 aromatic carbocycles. The van der Waals surface area contributed by atoms with Gasteiger partial charge in [0.25, 0.3) is 5.91 Å². The van der Waals surface area contributed by atoms with Gasteiger partial charge in [0.05, 0.1) is 17.4 Å². The van der Waals surface area contributed by atoms with E-state index in [0.29, 0.717) is 16.0 Å². The van der Waals surface area contributed by atoms with Crippen LogP contribution >= 0.6 is 15.9 Å². The zero-order valence-corrected chi connectivity index (χ0v) is 10.2. The first-order chi connectivity index (χ1) is 8.08. The molecule has 0 radical (unpaired) electrons. The van der Waals surface area contributed by atoms with Gasteiger partial charge in [-0.15, -0.1) is 0 Å². The molecule has 6 nitrogen and oxygen atoms in total. The lowest BCUT2D eigenvalue weighted by atomic mass is 10.2. The van der Waals surface area contributed by atoms with Gasteiger partial charge < -0.3 is 16.2 Å². The Morgan fingerprint density at radius 3 is 2.94 bits per heavy atom. The summed E-state index contributed by atoms with van der Waals surface area (Å²) >= 11 is 3.22. The minimum Gasteiger partial charge on any atom is -0.507 e. The number of phenolic OH excluding ortho intramolecular Hbond substituents is 1. The molecule has 5 N–H and O–H groups in total. The summed E-state index contributed by atoms with van der Waals surface area (Å²) in [6, 6.07) is 4.57. The van der Waals surface area contributed by atoms with Crippen molar-refractivity contribution in [2.75, 3.05) is 11.1 Å². The maximum absolute atomic E-state index is 11.8. The maximum atomic E-state index is 11.8. The van der Waals surface area contributed by atoms with Crippen molar-refractivity contribution in [3.8, 4) is 5.75 Å². The monoisotopic (exact) mass is 296 g/mol. The Morgan fingerprint density at radius 1 is 1.53 bits per heavy atom. The number of benzene rings is 1. The van der Waals surface area contributed by atoms with Crippen LogP contribution in [0.1, 0.15) is 10.4 Å². The third kappa shape index (κ3) is 2.39. The van der Waals surface area contributed by atoms with E-state index in [1.54, 1.807) is 6.07 Å². The van der Waals surface area contributed by atoms with E-state index in [9.17, 15) is 9.90 Å². The lowest BCUT2D eigenvalue weighted by molar-refractivity contribution is 0.102. The SMILES string of the molecule is Nc1cn[nH]c1NC(=O)c1cc(Br)ccc1O. The molecule has 17 heavy (non-hydrogen) atoms.